The number of unbranched alkanes of at least 4 members (excludes halogenated alkanes) is 1. The highest BCUT2D eigenvalue weighted by molar-refractivity contribution is 7.91. The Kier molecular flexibility index (Phi) is 6.36. The molecule has 0 heterocycles. The van der Waals surface area contributed by atoms with Gasteiger partial charge in [0.05, 0.1) is 22.6 Å². The Bertz CT molecular complexity index is 875. The molecule has 0 aliphatic rings. The van der Waals surface area contributed by atoms with Crippen LogP contribution >= 0.6 is 0 Å². The van der Waals surface area contributed by atoms with Gasteiger partial charge in [-0.15, -0.1) is 12.3 Å². The van der Waals surface area contributed by atoms with E-state index in [0.717, 1.165) is 0 Å². The summed E-state index contributed by atoms with van der Waals surface area (Å²) >= 11 is 0. The Balaban J connectivity index is 2.44. The minimum absolute atomic E-state index is 0.153. The lowest BCUT2D eigenvalue weighted by Crippen LogP contribution is -2.26. The molecule has 1 N–H and O–H groups in total. The predicted molar refractivity (Wildman–Crippen MR) is 96.2 cm³/mol. The molecule has 0 saturated heterocycles. The number of sulfone groups is 1. The third-order valence-electron chi connectivity index (χ3n) is 3.94. The van der Waals surface area contributed by atoms with Crippen molar-refractivity contribution in [3.8, 4) is 18.4 Å². The molecule has 2 aromatic carbocycles. The fourth-order valence-corrected chi connectivity index (χ4v) is 4.57. The van der Waals surface area contributed by atoms with Gasteiger partial charge in [0, 0.05) is 6.42 Å². The summed E-state index contributed by atoms with van der Waals surface area (Å²) in [5, 5.41) is 18.4. The number of nitriles is 1. The summed E-state index contributed by atoms with van der Waals surface area (Å²) in [5.41, 5.74) is 0.887. The van der Waals surface area contributed by atoms with Gasteiger partial charge < -0.3 is 5.11 Å². The van der Waals surface area contributed by atoms with Gasteiger partial charge in [0.1, 0.15) is 5.25 Å². The molecule has 4 nitrogen and oxygen atoms in total. The van der Waals surface area contributed by atoms with E-state index >= 15 is 0 Å². The first-order valence-corrected chi connectivity index (χ1v) is 9.46. The molecule has 0 spiro atoms. The van der Waals surface area contributed by atoms with Crippen LogP contribution in [0.1, 0.15) is 35.6 Å². The molecule has 0 fully saturated rings. The molecule has 2 rings (SSSR count). The van der Waals surface area contributed by atoms with Gasteiger partial charge in [-0.05, 0) is 42.7 Å². The fraction of sp³-hybridized carbons (Fsp3) is 0.250. The number of benzene rings is 2. The first-order chi connectivity index (χ1) is 12.0. The third-order valence-corrected chi connectivity index (χ3v) is 6.13. The molecule has 0 aliphatic heterocycles. The van der Waals surface area contributed by atoms with Gasteiger partial charge >= 0.3 is 0 Å². The summed E-state index contributed by atoms with van der Waals surface area (Å²) in [7, 11) is -3.79. The maximum atomic E-state index is 13.1. The fourth-order valence-electron chi connectivity index (χ4n) is 2.68. The van der Waals surface area contributed by atoms with Gasteiger partial charge in [0.2, 0.25) is 0 Å². The predicted octanol–water partition coefficient (Wildman–Crippen LogP) is 3.24. The lowest BCUT2D eigenvalue weighted by Gasteiger charge is -2.23. The molecule has 25 heavy (non-hydrogen) atoms. The van der Waals surface area contributed by atoms with Gasteiger partial charge in [0.25, 0.3) is 0 Å². The van der Waals surface area contributed by atoms with Crippen LogP contribution in [-0.2, 0) is 9.84 Å². The molecule has 128 valence electrons. The molecule has 2 unspecified atom stereocenters. The molecular weight excluding hydrogens is 334 g/mol. The van der Waals surface area contributed by atoms with Crippen molar-refractivity contribution in [2.24, 2.45) is 0 Å². The highest BCUT2D eigenvalue weighted by Crippen LogP contribution is 2.34. The SMILES string of the molecule is C#CCCCC(O)C(c1ccc(C#N)cc1)S(=O)(=O)c1ccccc1. The first-order valence-electron chi connectivity index (χ1n) is 7.91. The van der Waals surface area contributed by atoms with E-state index in [9.17, 15) is 13.5 Å². The topological polar surface area (TPSA) is 78.2 Å². The van der Waals surface area contributed by atoms with Crippen molar-refractivity contribution in [3.63, 3.8) is 0 Å². The second kappa shape index (κ2) is 8.48. The smallest absolute Gasteiger partial charge is 0.187 e. The van der Waals surface area contributed by atoms with Crippen LogP contribution in [0.3, 0.4) is 0 Å². The van der Waals surface area contributed by atoms with Crippen LogP contribution in [0, 0.1) is 23.7 Å². The molecule has 2 aromatic rings. The Labute approximate surface area is 148 Å². The van der Waals surface area contributed by atoms with Crippen molar-refractivity contribution in [2.75, 3.05) is 0 Å². The Morgan fingerprint density at radius 1 is 1.08 bits per heavy atom. The van der Waals surface area contributed by atoms with Gasteiger partial charge in [-0.25, -0.2) is 8.42 Å². The van der Waals surface area contributed by atoms with Crippen LogP contribution in [0.25, 0.3) is 0 Å². The van der Waals surface area contributed by atoms with E-state index < -0.39 is 21.2 Å². The van der Waals surface area contributed by atoms with Crippen LogP contribution < -0.4 is 0 Å². The minimum atomic E-state index is -3.79. The number of terminal acetylenes is 1. The zero-order valence-corrected chi connectivity index (χ0v) is 14.5. The highest BCUT2D eigenvalue weighted by Gasteiger charge is 2.34. The summed E-state index contributed by atoms with van der Waals surface area (Å²) in [6, 6.07) is 16.3. The van der Waals surface area contributed by atoms with Gasteiger partial charge in [-0.1, -0.05) is 30.3 Å². The summed E-state index contributed by atoms with van der Waals surface area (Å²) in [6.45, 7) is 0. The molecule has 0 bridgehead atoms. The van der Waals surface area contributed by atoms with Crippen LogP contribution in [0.15, 0.2) is 59.5 Å². The summed E-state index contributed by atoms with van der Waals surface area (Å²) < 4.78 is 26.2. The molecule has 0 aliphatic carbocycles. The number of hydrogen-bond acceptors (Lipinski definition) is 4. The number of rotatable bonds is 7. The van der Waals surface area contributed by atoms with Crippen molar-refractivity contribution in [1.82, 2.24) is 0 Å². The highest BCUT2D eigenvalue weighted by atomic mass is 32.2. The van der Waals surface area contributed by atoms with Crippen LogP contribution in [0.2, 0.25) is 0 Å². The molecule has 0 saturated carbocycles. The largest absolute Gasteiger partial charge is 0.391 e. The molecule has 0 amide bonds. The molecule has 2 atom stereocenters. The van der Waals surface area contributed by atoms with Crippen LogP contribution in [0.5, 0.6) is 0 Å². The second-order valence-electron chi connectivity index (χ2n) is 5.68. The average Bonchev–Trinajstić information content (AvgIpc) is 2.63. The lowest BCUT2D eigenvalue weighted by molar-refractivity contribution is 0.156. The Morgan fingerprint density at radius 2 is 1.72 bits per heavy atom. The van der Waals surface area contributed by atoms with E-state index in [1.807, 2.05) is 6.07 Å². The minimum Gasteiger partial charge on any atom is -0.391 e. The summed E-state index contributed by atoms with van der Waals surface area (Å²) in [4.78, 5) is 0.153. The van der Waals surface area contributed by atoms with E-state index in [4.69, 9.17) is 11.7 Å². The number of aliphatic hydroxyl groups is 1. The maximum Gasteiger partial charge on any atom is 0.187 e. The number of hydrogen-bond donors (Lipinski definition) is 1. The van der Waals surface area contributed by atoms with E-state index in [2.05, 4.69) is 5.92 Å². The van der Waals surface area contributed by atoms with Crippen molar-refractivity contribution >= 4 is 9.84 Å². The normalized spacial score (nSPS) is 13.4. The number of aliphatic hydroxyl groups excluding tert-OH is 1. The van der Waals surface area contributed by atoms with Crippen molar-refractivity contribution in [3.05, 3.63) is 65.7 Å². The zero-order valence-electron chi connectivity index (χ0n) is 13.7. The Morgan fingerprint density at radius 3 is 2.28 bits per heavy atom. The number of nitrogens with zero attached hydrogens (tertiary/aromatic N) is 1. The quantitative estimate of drug-likeness (QED) is 0.612. The van der Waals surface area contributed by atoms with Gasteiger partial charge in [0.15, 0.2) is 9.84 Å². The first kappa shape index (κ1) is 18.7. The zero-order chi connectivity index (χ0) is 18.3. The van der Waals surface area contributed by atoms with Crippen LogP contribution in [-0.4, -0.2) is 19.6 Å². The van der Waals surface area contributed by atoms with Crippen molar-refractivity contribution < 1.29 is 13.5 Å². The lowest BCUT2D eigenvalue weighted by atomic mass is 10.0. The molecule has 5 heteroatoms. The molecule has 0 aromatic heterocycles. The van der Waals surface area contributed by atoms with E-state index in [1.54, 1.807) is 42.5 Å². The molecule has 0 radical (unpaired) electrons. The summed E-state index contributed by atoms with van der Waals surface area (Å²) in [5.74, 6) is 2.49. The second-order valence-corrected chi connectivity index (χ2v) is 7.75. The maximum absolute atomic E-state index is 13.1. The van der Waals surface area contributed by atoms with Crippen molar-refractivity contribution in [1.29, 1.82) is 5.26 Å². The summed E-state index contributed by atoms with van der Waals surface area (Å²) in [6.07, 6.45) is 5.43. The van der Waals surface area contributed by atoms with Gasteiger partial charge in [-0.3, -0.25) is 0 Å². The average molecular weight is 353 g/mol. The van der Waals surface area contributed by atoms with Crippen molar-refractivity contribution in [2.45, 2.75) is 35.5 Å². The Hall–Kier alpha value is -2.60. The standard InChI is InChI=1S/C20H19NO3S/c1-2-3-5-10-19(22)20(17-13-11-16(15-21)12-14-17)25(23,24)18-8-6-4-7-9-18/h1,4,6-9,11-14,19-20,22H,3,5,10H2. The van der Waals surface area contributed by atoms with E-state index in [0.29, 0.717) is 24.0 Å². The monoisotopic (exact) mass is 353 g/mol. The van der Waals surface area contributed by atoms with E-state index in [1.165, 1.54) is 12.1 Å². The van der Waals surface area contributed by atoms with Gasteiger partial charge in [-0.2, -0.15) is 5.26 Å². The molecular formula is C20H19NO3S. The third kappa shape index (κ3) is 4.48. The van der Waals surface area contributed by atoms with Crippen LogP contribution in [0.4, 0.5) is 0 Å². The van der Waals surface area contributed by atoms with E-state index in [-0.39, 0.29) is 11.3 Å².